The highest BCUT2D eigenvalue weighted by Crippen LogP contribution is 2.30. The quantitative estimate of drug-likeness (QED) is 0.826. The second kappa shape index (κ2) is 5.87. The van der Waals surface area contributed by atoms with Gasteiger partial charge in [0.1, 0.15) is 0 Å². The Kier molecular flexibility index (Phi) is 4.20. The molecule has 1 N–H and O–H groups in total. The summed E-state index contributed by atoms with van der Waals surface area (Å²) in [7, 11) is 1.36. The summed E-state index contributed by atoms with van der Waals surface area (Å²) in [5, 5.41) is 2.94. The van der Waals surface area contributed by atoms with Gasteiger partial charge in [-0.3, -0.25) is 9.59 Å². The molecule has 1 atom stereocenters. The minimum absolute atomic E-state index is 0.0366. The molecule has 1 aliphatic carbocycles. The zero-order valence-corrected chi connectivity index (χ0v) is 11.3. The Labute approximate surface area is 113 Å². The van der Waals surface area contributed by atoms with Crippen molar-refractivity contribution in [3.63, 3.8) is 0 Å². The number of aryl methyl sites for hydroxylation is 1. The summed E-state index contributed by atoms with van der Waals surface area (Å²) in [6.45, 7) is 2.00. The SMILES string of the molecule is COC(=O)CC(NC(=O)C1CC1)c1ccc(C)cc1. The standard InChI is InChI=1S/C15H19NO3/c1-10-3-5-11(6-4-10)13(9-14(17)19-2)16-15(18)12-7-8-12/h3-6,12-13H,7-9H2,1-2H3,(H,16,18). The average Bonchev–Trinajstić information content (AvgIpc) is 3.23. The van der Waals surface area contributed by atoms with E-state index < -0.39 is 0 Å². The number of methoxy groups -OCH3 is 1. The maximum absolute atomic E-state index is 11.9. The molecule has 0 aromatic heterocycles. The molecule has 0 bridgehead atoms. The van der Waals surface area contributed by atoms with Crippen LogP contribution in [0.3, 0.4) is 0 Å². The molecular formula is C15H19NO3. The predicted octanol–water partition coefficient (Wildman–Crippen LogP) is 2.13. The van der Waals surface area contributed by atoms with Crippen molar-refractivity contribution in [3.05, 3.63) is 35.4 Å². The topological polar surface area (TPSA) is 55.4 Å². The molecule has 0 aliphatic heterocycles. The van der Waals surface area contributed by atoms with Crippen LogP contribution in [0.1, 0.15) is 36.4 Å². The number of hydrogen-bond acceptors (Lipinski definition) is 3. The molecule has 1 saturated carbocycles. The Balaban J connectivity index is 2.09. The molecule has 1 unspecified atom stereocenters. The van der Waals surface area contributed by atoms with E-state index in [0.29, 0.717) is 0 Å². The maximum atomic E-state index is 11.9. The molecule has 19 heavy (non-hydrogen) atoms. The number of nitrogens with one attached hydrogen (secondary N) is 1. The van der Waals surface area contributed by atoms with Crippen LogP contribution < -0.4 is 5.32 Å². The monoisotopic (exact) mass is 261 g/mol. The maximum Gasteiger partial charge on any atom is 0.307 e. The minimum Gasteiger partial charge on any atom is -0.469 e. The van der Waals surface area contributed by atoms with Gasteiger partial charge in [-0.05, 0) is 25.3 Å². The van der Waals surface area contributed by atoms with Crippen LogP contribution in [-0.4, -0.2) is 19.0 Å². The molecule has 1 aromatic rings. The van der Waals surface area contributed by atoms with E-state index >= 15 is 0 Å². The van der Waals surface area contributed by atoms with E-state index in [-0.39, 0.29) is 30.3 Å². The molecule has 4 heteroatoms. The van der Waals surface area contributed by atoms with Gasteiger partial charge >= 0.3 is 5.97 Å². The summed E-state index contributed by atoms with van der Waals surface area (Å²) in [5.74, 6) is -0.151. The van der Waals surface area contributed by atoms with Gasteiger partial charge in [0, 0.05) is 5.92 Å². The van der Waals surface area contributed by atoms with Gasteiger partial charge in [0.25, 0.3) is 0 Å². The number of carbonyl (C=O) groups is 2. The van der Waals surface area contributed by atoms with Crippen molar-refractivity contribution < 1.29 is 14.3 Å². The first-order valence-corrected chi connectivity index (χ1v) is 6.54. The van der Waals surface area contributed by atoms with Crippen molar-refractivity contribution in [1.29, 1.82) is 0 Å². The van der Waals surface area contributed by atoms with Crippen molar-refractivity contribution in [2.45, 2.75) is 32.2 Å². The lowest BCUT2D eigenvalue weighted by Gasteiger charge is -2.18. The Hall–Kier alpha value is -1.84. The lowest BCUT2D eigenvalue weighted by molar-refractivity contribution is -0.141. The first kappa shape index (κ1) is 13.6. The fourth-order valence-electron chi connectivity index (χ4n) is 1.94. The summed E-state index contributed by atoms with van der Waals surface area (Å²) in [5.41, 5.74) is 2.08. The Morgan fingerprint density at radius 2 is 1.95 bits per heavy atom. The number of ether oxygens (including phenoxy) is 1. The summed E-state index contributed by atoms with van der Waals surface area (Å²) in [4.78, 5) is 23.3. The zero-order chi connectivity index (χ0) is 13.8. The second-order valence-corrected chi connectivity index (χ2v) is 5.03. The van der Waals surface area contributed by atoms with Gasteiger partial charge in [0.05, 0.1) is 19.6 Å². The lowest BCUT2D eigenvalue weighted by Crippen LogP contribution is -2.31. The molecule has 0 heterocycles. The minimum atomic E-state index is -0.318. The summed E-state index contributed by atoms with van der Waals surface area (Å²) in [6.07, 6.45) is 2.06. The number of esters is 1. The number of hydrogen-bond donors (Lipinski definition) is 1. The van der Waals surface area contributed by atoms with E-state index in [1.54, 1.807) is 0 Å². The third-order valence-corrected chi connectivity index (χ3v) is 3.34. The number of rotatable bonds is 5. The van der Waals surface area contributed by atoms with Crippen LogP contribution in [0.2, 0.25) is 0 Å². The average molecular weight is 261 g/mol. The van der Waals surface area contributed by atoms with Crippen molar-refractivity contribution >= 4 is 11.9 Å². The van der Waals surface area contributed by atoms with Crippen LogP contribution in [0.25, 0.3) is 0 Å². The normalized spacial score (nSPS) is 15.7. The first-order valence-electron chi connectivity index (χ1n) is 6.54. The smallest absolute Gasteiger partial charge is 0.307 e. The third-order valence-electron chi connectivity index (χ3n) is 3.34. The molecule has 0 saturated heterocycles. The molecular weight excluding hydrogens is 242 g/mol. The van der Waals surface area contributed by atoms with Gasteiger partial charge in [-0.25, -0.2) is 0 Å². The Morgan fingerprint density at radius 1 is 1.32 bits per heavy atom. The molecule has 2 rings (SSSR count). The van der Waals surface area contributed by atoms with E-state index in [9.17, 15) is 9.59 Å². The Morgan fingerprint density at radius 3 is 2.47 bits per heavy atom. The fraction of sp³-hybridized carbons (Fsp3) is 0.467. The van der Waals surface area contributed by atoms with Crippen LogP contribution in [0.5, 0.6) is 0 Å². The van der Waals surface area contributed by atoms with Crippen LogP contribution in [0.4, 0.5) is 0 Å². The number of carbonyl (C=O) groups excluding carboxylic acids is 2. The first-order chi connectivity index (χ1) is 9.10. The summed E-state index contributed by atoms with van der Waals surface area (Å²) >= 11 is 0. The van der Waals surface area contributed by atoms with Gasteiger partial charge in [0.15, 0.2) is 0 Å². The molecule has 0 spiro atoms. The van der Waals surface area contributed by atoms with Crippen molar-refractivity contribution in [2.24, 2.45) is 5.92 Å². The van der Waals surface area contributed by atoms with Crippen molar-refractivity contribution in [1.82, 2.24) is 5.32 Å². The van der Waals surface area contributed by atoms with Crippen molar-refractivity contribution in [2.75, 3.05) is 7.11 Å². The van der Waals surface area contributed by atoms with E-state index in [2.05, 4.69) is 5.32 Å². The molecule has 1 aromatic carbocycles. The van der Waals surface area contributed by atoms with Crippen LogP contribution in [0, 0.1) is 12.8 Å². The van der Waals surface area contributed by atoms with E-state index in [0.717, 1.165) is 24.0 Å². The third kappa shape index (κ3) is 3.81. The highest BCUT2D eigenvalue weighted by molar-refractivity contribution is 5.82. The van der Waals surface area contributed by atoms with Crippen LogP contribution >= 0.6 is 0 Å². The molecule has 0 radical (unpaired) electrons. The van der Waals surface area contributed by atoms with Gasteiger partial charge in [0.2, 0.25) is 5.91 Å². The summed E-state index contributed by atoms with van der Waals surface area (Å²) < 4.78 is 4.69. The second-order valence-electron chi connectivity index (χ2n) is 5.03. The Bertz CT molecular complexity index is 463. The largest absolute Gasteiger partial charge is 0.469 e. The highest BCUT2D eigenvalue weighted by atomic mass is 16.5. The summed E-state index contributed by atoms with van der Waals surface area (Å²) in [6, 6.07) is 7.53. The van der Waals surface area contributed by atoms with Crippen LogP contribution in [0.15, 0.2) is 24.3 Å². The molecule has 1 aliphatic rings. The van der Waals surface area contributed by atoms with E-state index in [4.69, 9.17) is 4.74 Å². The molecule has 4 nitrogen and oxygen atoms in total. The fourth-order valence-corrected chi connectivity index (χ4v) is 1.94. The van der Waals surface area contributed by atoms with Gasteiger partial charge in [-0.2, -0.15) is 0 Å². The van der Waals surface area contributed by atoms with Gasteiger partial charge in [-0.1, -0.05) is 29.8 Å². The predicted molar refractivity (Wildman–Crippen MR) is 71.4 cm³/mol. The number of benzene rings is 1. The van der Waals surface area contributed by atoms with E-state index in [1.807, 2.05) is 31.2 Å². The van der Waals surface area contributed by atoms with Crippen molar-refractivity contribution in [3.8, 4) is 0 Å². The molecule has 1 amide bonds. The zero-order valence-electron chi connectivity index (χ0n) is 11.3. The lowest BCUT2D eigenvalue weighted by atomic mass is 10.0. The molecule has 1 fully saturated rings. The van der Waals surface area contributed by atoms with E-state index in [1.165, 1.54) is 7.11 Å². The highest BCUT2D eigenvalue weighted by Gasteiger charge is 2.31. The van der Waals surface area contributed by atoms with Gasteiger partial charge < -0.3 is 10.1 Å². The number of amides is 1. The van der Waals surface area contributed by atoms with Gasteiger partial charge in [-0.15, -0.1) is 0 Å². The van der Waals surface area contributed by atoms with Crippen LogP contribution in [-0.2, 0) is 14.3 Å². The molecule has 102 valence electrons.